The molecule has 1 saturated heterocycles. The van der Waals surface area contributed by atoms with Crippen molar-refractivity contribution in [2.24, 2.45) is 0 Å². The van der Waals surface area contributed by atoms with Crippen LogP contribution >= 0.6 is 0 Å². The smallest absolute Gasteiger partial charge is 0.221 e. The molecule has 1 aromatic rings. The molecule has 2 rings (SSSR count). The standard InChI is InChI=1S/C13H20N4O/c1-10-7-11(8-14-2)9-16-13(10)17-5-3-12(18)15-4-6-17/h7,9,14H,3-6,8H2,1-2H3,(H,15,18). The van der Waals surface area contributed by atoms with Crippen molar-refractivity contribution in [1.29, 1.82) is 0 Å². The lowest BCUT2D eigenvalue weighted by Crippen LogP contribution is -2.29. The van der Waals surface area contributed by atoms with Gasteiger partial charge in [0, 0.05) is 38.8 Å². The molecule has 5 heteroatoms. The molecule has 1 amide bonds. The molecule has 0 radical (unpaired) electrons. The monoisotopic (exact) mass is 248 g/mol. The maximum Gasteiger partial charge on any atom is 0.221 e. The Morgan fingerprint density at radius 2 is 2.33 bits per heavy atom. The van der Waals surface area contributed by atoms with Crippen LogP contribution in [0, 0.1) is 6.92 Å². The van der Waals surface area contributed by atoms with E-state index in [-0.39, 0.29) is 5.91 Å². The zero-order valence-electron chi connectivity index (χ0n) is 11.0. The average Bonchev–Trinajstić information content (AvgIpc) is 2.55. The highest BCUT2D eigenvalue weighted by atomic mass is 16.1. The number of amides is 1. The van der Waals surface area contributed by atoms with Gasteiger partial charge < -0.3 is 15.5 Å². The molecule has 1 aromatic heterocycles. The van der Waals surface area contributed by atoms with Gasteiger partial charge in [0.05, 0.1) is 0 Å². The van der Waals surface area contributed by atoms with E-state index in [0.29, 0.717) is 13.0 Å². The number of hydrogen-bond donors (Lipinski definition) is 2. The Morgan fingerprint density at radius 3 is 3.06 bits per heavy atom. The van der Waals surface area contributed by atoms with Gasteiger partial charge in [0.2, 0.25) is 5.91 Å². The third-order valence-corrected chi connectivity index (χ3v) is 3.10. The van der Waals surface area contributed by atoms with E-state index in [9.17, 15) is 4.79 Å². The zero-order valence-corrected chi connectivity index (χ0v) is 11.0. The summed E-state index contributed by atoms with van der Waals surface area (Å²) in [6.07, 6.45) is 2.44. The molecule has 0 unspecified atom stereocenters. The highest BCUT2D eigenvalue weighted by Gasteiger charge is 2.16. The molecular weight excluding hydrogens is 228 g/mol. The summed E-state index contributed by atoms with van der Waals surface area (Å²) in [6, 6.07) is 2.15. The Hall–Kier alpha value is -1.62. The Kier molecular flexibility index (Phi) is 4.15. The normalized spacial score (nSPS) is 16.3. The van der Waals surface area contributed by atoms with E-state index < -0.39 is 0 Å². The predicted molar refractivity (Wildman–Crippen MR) is 71.6 cm³/mol. The van der Waals surface area contributed by atoms with E-state index in [1.807, 2.05) is 13.2 Å². The fraction of sp³-hybridized carbons (Fsp3) is 0.538. The molecule has 2 heterocycles. The summed E-state index contributed by atoms with van der Waals surface area (Å²) >= 11 is 0. The molecule has 5 nitrogen and oxygen atoms in total. The summed E-state index contributed by atoms with van der Waals surface area (Å²) in [5, 5.41) is 5.99. The molecule has 1 aliphatic rings. The number of nitrogens with one attached hydrogen (secondary N) is 2. The number of rotatable bonds is 3. The van der Waals surface area contributed by atoms with Crippen molar-refractivity contribution in [1.82, 2.24) is 15.6 Å². The first-order chi connectivity index (χ1) is 8.70. The summed E-state index contributed by atoms with van der Waals surface area (Å²) in [7, 11) is 1.93. The van der Waals surface area contributed by atoms with Crippen molar-refractivity contribution >= 4 is 11.7 Å². The van der Waals surface area contributed by atoms with Crippen LogP contribution in [0.1, 0.15) is 17.5 Å². The zero-order chi connectivity index (χ0) is 13.0. The van der Waals surface area contributed by atoms with Gasteiger partial charge in [0.1, 0.15) is 5.82 Å². The van der Waals surface area contributed by atoms with Crippen LogP contribution < -0.4 is 15.5 Å². The number of carbonyl (C=O) groups is 1. The Balaban J connectivity index is 2.14. The second kappa shape index (κ2) is 5.82. The number of aromatic nitrogens is 1. The number of aryl methyl sites for hydroxylation is 1. The van der Waals surface area contributed by atoms with E-state index in [1.54, 1.807) is 0 Å². The van der Waals surface area contributed by atoms with Gasteiger partial charge in [-0.1, -0.05) is 0 Å². The minimum Gasteiger partial charge on any atom is -0.354 e. The molecule has 1 fully saturated rings. The van der Waals surface area contributed by atoms with E-state index in [4.69, 9.17) is 0 Å². The largest absolute Gasteiger partial charge is 0.354 e. The van der Waals surface area contributed by atoms with Crippen LogP contribution in [0.3, 0.4) is 0 Å². The van der Waals surface area contributed by atoms with Gasteiger partial charge in [0.25, 0.3) is 0 Å². The molecule has 98 valence electrons. The topological polar surface area (TPSA) is 57.3 Å². The van der Waals surface area contributed by atoms with E-state index in [2.05, 4.69) is 33.5 Å². The first-order valence-electron chi connectivity index (χ1n) is 6.32. The molecule has 0 spiro atoms. The third kappa shape index (κ3) is 2.98. The Labute approximate surface area is 108 Å². The summed E-state index contributed by atoms with van der Waals surface area (Å²) < 4.78 is 0. The van der Waals surface area contributed by atoms with Gasteiger partial charge in [-0.15, -0.1) is 0 Å². The fourth-order valence-corrected chi connectivity index (χ4v) is 2.24. The molecule has 1 aliphatic heterocycles. The van der Waals surface area contributed by atoms with Crippen LogP contribution in [0.15, 0.2) is 12.3 Å². The molecule has 0 atom stereocenters. The summed E-state index contributed by atoms with van der Waals surface area (Å²) in [5.74, 6) is 1.12. The van der Waals surface area contributed by atoms with Gasteiger partial charge in [-0.05, 0) is 31.2 Å². The number of hydrogen-bond acceptors (Lipinski definition) is 4. The van der Waals surface area contributed by atoms with Crippen molar-refractivity contribution < 1.29 is 4.79 Å². The fourth-order valence-electron chi connectivity index (χ4n) is 2.24. The van der Waals surface area contributed by atoms with E-state index in [0.717, 1.165) is 31.0 Å². The SMILES string of the molecule is CNCc1cnc(N2CCNC(=O)CC2)c(C)c1. The first-order valence-corrected chi connectivity index (χ1v) is 6.32. The molecule has 0 aromatic carbocycles. The van der Waals surface area contributed by atoms with E-state index >= 15 is 0 Å². The minimum atomic E-state index is 0.127. The quantitative estimate of drug-likeness (QED) is 0.815. The van der Waals surface area contributed by atoms with Crippen molar-refractivity contribution in [3.8, 4) is 0 Å². The molecule has 0 saturated carbocycles. The van der Waals surface area contributed by atoms with Crippen molar-refractivity contribution in [3.05, 3.63) is 23.4 Å². The van der Waals surface area contributed by atoms with Gasteiger partial charge in [-0.3, -0.25) is 4.79 Å². The number of anilines is 1. The van der Waals surface area contributed by atoms with Crippen molar-refractivity contribution in [2.45, 2.75) is 19.9 Å². The molecule has 0 aliphatic carbocycles. The van der Waals surface area contributed by atoms with Crippen LogP contribution in [0.5, 0.6) is 0 Å². The molecule has 0 bridgehead atoms. The molecular formula is C13H20N4O. The average molecular weight is 248 g/mol. The number of carbonyl (C=O) groups excluding carboxylic acids is 1. The van der Waals surface area contributed by atoms with Crippen LogP contribution in [-0.2, 0) is 11.3 Å². The Bertz CT molecular complexity index is 433. The Morgan fingerprint density at radius 1 is 1.50 bits per heavy atom. The second-order valence-corrected chi connectivity index (χ2v) is 4.60. The van der Waals surface area contributed by atoms with Crippen LogP contribution in [0.2, 0.25) is 0 Å². The lowest BCUT2D eigenvalue weighted by Gasteiger charge is -2.22. The highest BCUT2D eigenvalue weighted by Crippen LogP contribution is 2.18. The third-order valence-electron chi connectivity index (χ3n) is 3.10. The highest BCUT2D eigenvalue weighted by molar-refractivity contribution is 5.77. The van der Waals surface area contributed by atoms with Gasteiger partial charge in [-0.25, -0.2) is 4.98 Å². The number of nitrogens with zero attached hydrogens (tertiary/aromatic N) is 2. The minimum absolute atomic E-state index is 0.127. The maximum absolute atomic E-state index is 11.3. The van der Waals surface area contributed by atoms with Crippen LogP contribution in [0.25, 0.3) is 0 Å². The molecule has 18 heavy (non-hydrogen) atoms. The predicted octanol–water partition coefficient (Wildman–Crippen LogP) is 0.436. The van der Waals surface area contributed by atoms with Crippen molar-refractivity contribution in [2.75, 3.05) is 31.6 Å². The van der Waals surface area contributed by atoms with Gasteiger partial charge in [-0.2, -0.15) is 0 Å². The summed E-state index contributed by atoms with van der Waals surface area (Å²) in [6.45, 7) is 5.16. The van der Waals surface area contributed by atoms with Crippen LogP contribution in [-0.4, -0.2) is 37.6 Å². The van der Waals surface area contributed by atoms with Crippen molar-refractivity contribution in [3.63, 3.8) is 0 Å². The molecule has 2 N–H and O–H groups in total. The van der Waals surface area contributed by atoms with Gasteiger partial charge in [0.15, 0.2) is 0 Å². The van der Waals surface area contributed by atoms with E-state index in [1.165, 1.54) is 5.56 Å². The number of pyridine rings is 1. The first kappa shape index (κ1) is 12.8. The van der Waals surface area contributed by atoms with Gasteiger partial charge >= 0.3 is 0 Å². The summed E-state index contributed by atoms with van der Waals surface area (Å²) in [4.78, 5) is 18.0. The lowest BCUT2D eigenvalue weighted by molar-refractivity contribution is -0.120. The van der Waals surface area contributed by atoms with Crippen LogP contribution in [0.4, 0.5) is 5.82 Å². The maximum atomic E-state index is 11.3. The summed E-state index contributed by atoms with van der Waals surface area (Å²) in [5.41, 5.74) is 2.35. The lowest BCUT2D eigenvalue weighted by atomic mass is 10.2. The second-order valence-electron chi connectivity index (χ2n) is 4.60.